The van der Waals surface area contributed by atoms with Gasteiger partial charge in [0.25, 0.3) is 10.0 Å². The summed E-state index contributed by atoms with van der Waals surface area (Å²) in [6.45, 7) is 1.62. The van der Waals surface area contributed by atoms with Crippen molar-refractivity contribution in [1.82, 2.24) is 15.0 Å². The van der Waals surface area contributed by atoms with Crippen LogP contribution in [0.5, 0.6) is 11.6 Å². The van der Waals surface area contributed by atoms with Crippen LogP contribution < -0.4 is 14.8 Å². The molecule has 0 aliphatic heterocycles. The first-order valence-electron chi connectivity index (χ1n) is 12.6. The van der Waals surface area contributed by atoms with E-state index >= 15 is 4.39 Å². The van der Waals surface area contributed by atoms with E-state index in [1.165, 1.54) is 37.5 Å². The summed E-state index contributed by atoms with van der Waals surface area (Å²) in [5, 5.41) is 3.47. The molecule has 8 nitrogen and oxygen atoms in total. The minimum atomic E-state index is -4.03. The molecule has 0 bridgehead atoms. The first-order valence-corrected chi connectivity index (χ1v) is 14.5. The van der Waals surface area contributed by atoms with E-state index in [-0.39, 0.29) is 27.2 Å². The largest absolute Gasteiger partial charge is 0.435 e. The summed E-state index contributed by atoms with van der Waals surface area (Å²) in [6.07, 6.45) is 8.98. The van der Waals surface area contributed by atoms with Gasteiger partial charge >= 0.3 is 0 Å². The molecule has 0 saturated heterocycles. The fourth-order valence-electron chi connectivity index (χ4n) is 4.56. The van der Waals surface area contributed by atoms with Crippen molar-refractivity contribution in [2.75, 3.05) is 10.0 Å². The molecular formula is C28H27ClFN5O3S. The topological polar surface area (TPSA) is 106 Å². The average Bonchev–Trinajstić information content (AvgIpc) is 2.92. The van der Waals surface area contributed by atoms with Gasteiger partial charge in [0.15, 0.2) is 11.6 Å². The van der Waals surface area contributed by atoms with E-state index in [1.54, 1.807) is 49.6 Å². The van der Waals surface area contributed by atoms with E-state index < -0.39 is 15.8 Å². The maximum absolute atomic E-state index is 15.3. The molecule has 4 aromatic rings. The van der Waals surface area contributed by atoms with Gasteiger partial charge in [0.05, 0.1) is 22.0 Å². The normalized spacial score (nSPS) is 14.1. The molecule has 0 atom stereocenters. The van der Waals surface area contributed by atoms with Crippen LogP contribution in [0.1, 0.15) is 37.7 Å². The van der Waals surface area contributed by atoms with E-state index in [4.69, 9.17) is 16.3 Å². The Morgan fingerprint density at radius 1 is 1.00 bits per heavy atom. The summed E-state index contributed by atoms with van der Waals surface area (Å²) in [5.41, 5.74) is 1.54. The van der Waals surface area contributed by atoms with Gasteiger partial charge in [0.1, 0.15) is 4.90 Å². The van der Waals surface area contributed by atoms with Gasteiger partial charge in [-0.1, -0.05) is 43.0 Å². The minimum Gasteiger partial charge on any atom is -0.435 e. The number of nitrogens with zero attached hydrogens (tertiary/aromatic N) is 3. The molecule has 5 rings (SSSR count). The van der Waals surface area contributed by atoms with Crippen LogP contribution in [0.2, 0.25) is 5.02 Å². The Bertz CT molecular complexity index is 1570. The SMILES string of the molecule is Cc1cc(NS(=O)(=O)c2ccccc2Cl)cc(F)c1Oc1ncccc1-c1ccnc(NC2CCCCC2)n1. The molecule has 2 N–H and O–H groups in total. The number of sulfonamides is 1. The third-order valence-corrected chi connectivity index (χ3v) is 8.33. The molecule has 1 aliphatic rings. The number of nitrogens with one attached hydrogen (secondary N) is 2. The van der Waals surface area contributed by atoms with Crippen molar-refractivity contribution in [2.45, 2.75) is 50.0 Å². The molecule has 1 saturated carbocycles. The van der Waals surface area contributed by atoms with E-state index in [9.17, 15) is 8.42 Å². The van der Waals surface area contributed by atoms with Gasteiger partial charge in [-0.25, -0.2) is 27.8 Å². The number of benzene rings is 2. The summed E-state index contributed by atoms with van der Waals surface area (Å²) < 4.78 is 49.2. The van der Waals surface area contributed by atoms with Crippen molar-refractivity contribution >= 4 is 33.3 Å². The number of ether oxygens (including phenoxy) is 1. The van der Waals surface area contributed by atoms with Crippen molar-refractivity contribution < 1.29 is 17.5 Å². The lowest BCUT2D eigenvalue weighted by Gasteiger charge is -2.22. The van der Waals surface area contributed by atoms with E-state index in [0.29, 0.717) is 28.8 Å². The number of hydrogen-bond donors (Lipinski definition) is 2. The fourth-order valence-corrected chi connectivity index (χ4v) is 6.12. The Morgan fingerprint density at radius 2 is 1.79 bits per heavy atom. The Morgan fingerprint density at radius 3 is 2.56 bits per heavy atom. The van der Waals surface area contributed by atoms with Gasteiger partial charge < -0.3 is 10.1 Å². The van der Waals surface area contributed by atoms with Crippen LogP contribution in [-0.4, -0.2) is 29.4 Å². The summed E-state index contributed by atoms with van der Waals surface area (Å²) in [6, 6.07) is 14.2. The molecule has 0 spiro atoms. The predicted octanol–water partition coefficient (Wildman–Crippen LogP) is 6.98. The molecule has 0 unspecified atom stereocenters. The Labute approximate surface area is 231 Å². The molecule has 202 valence electrons. The Kier molecular flexibility index (Phi) is 7.94. The molecule has 1 aliphatic carbocycles. The van der Waals surface area contributed by atoms with E-state index in [2.05, 4.69) is 25.0 Å². The van der Waals surface area contributed by atoms with Gasteiger partial charge in [-0.15, -0.1) is 0 Å². The van der Waals surface area contributed by atoms with Crippen molar-refractivity contribution in [3.8, 4) is 22.9 Å². The third kappa shape index (κ3) is 6.29. The summed E-state index contributed by atoms with van der Waals surface area (Å²) in [5.74, 6) is -0.158. The summed E-state index contributed by atoms with van der Waals surface area (Å²) >= 11 is 6.04. The lowest BCUT2D eigenvalue weighted by Crippen LogP contribution is -2.23. The average molecular weight is 568 g/mol. The predicted molar refractivity (Wildman–Crippen MR) is 149 cm³/mol. The Hall–Kier alpha value is -3.76. The zero-order valence-corrected chi connectivity index (χ0v) is 22.8. The minimum absolute atomic E-state index is 0.0349. The lowest BCUT2D eigenvalue weighted by molar-refractivity contribution is 0.426. The molecule has 1 fully saturated rings. The second kappa shape index (κ2) is 11.5. The monoisotopic (exact) mass is 567 g/mol. The highest BCUT2D eigenvalue weighted by molar-refractivity contribution is 7.92. The van der Waals surface area contributed by atoms with Gasteiger partial charge in [-0.05, 0) is 61.7 Å². The number of hydrogen-bond acceptors (Lipinski definition) is 7. The van der Waals surface area contributed by atoms with Crippen molar-refractivity contribution in [2.24, 2.45) is 0 Å². The second-order valence-electron chi connectivity index (χ2n) is 9.34. The number of rotatable bonds is 8. The zero-order valence-electron chi connectivity index (χ0n) is 21.2. The van der Waals surface area contributed by atoms with Crippen molar-refractivity contribution in [3.63, 3.8) is 0 Å². The van der Waals surface area contributed by atoms with Crippen LogP contribution in [0.15, 0.2) is 71.9 Å². The van der Waals surface area contributed by atoms with E-state index in [0.717, 1.165) is 18.9 Å². The highest BCUT2D eigenvalue weighted by Gasteiger charge is 2.21. The fraction of sp³-hybridized carbons (Fsp3) is 0.250. The molecular weight excluding hydrogens is 541 g/mol. The number of aryl methyl sites for hydroxylation is 1. The van der Waals surface area contributed by atoms with Crippen LogP contribution >= 0.6 is 11.6 Å². The van der Waals surface area contributed by atoms with Gasteiger partial charge in [-0.3, -0.25) is 4.72 Å². The summed E-state index contributed by atoms with van der Waals surface area (Å²) in [7, 11) is -4.03. The molecule has 2 aromatic carbocycles. The number of pyridine rings is 1. The van der Waals surface area contributed by atoms with Crippen molar-refractivity contribution in [3.05, 3.63) is 83.4 Å². The first kappa shape index (κ1) is 26.8. The Balaban J connectivity index is 1.39. The molecule has 0 radical (unpaired) electrons. The van der Waals surface area contributed by atoms with Crippen LogP contribution in [0.4, 0.5) is 16.0 Å². The van der Waals surface area contributed by atoms with E-state index in [1.807, 2.05) is 0 Å². The lowest BCUT2D eigenvalue weighted by atomic mass is 9.96. The van der Waals surface area contributed by atoms with Crippen LogP contribution in [-0.2, 0) is 10.0 Å². The van der Waals surface area contributed by atoms with Crippen LogP contribution in [0.25, 0.3) is 11.3 Å². The summed E-state index contributed by atoms with van der Waals surface area (Å²) in [4.78, 5) is 13.2. The van der Waals surface area contributed by atoms with Crippen molar-refractivity contribution in [1.29, 1.82) is 0 Å². The van der Waals surface area contributed by atoms with Gasteiger partial charge in [0, 0.05) is 24.5 Å². The maximum atomic E-state index is 15.3. The quantitative estimate of drug-likeness (QED) is 0.236. The van der Waals surface area contributed by atoms with Crippen LogP contribution in [0.3, 0.4) is 0 Å². The van der Waals surface area contributed by atoms with Gasteiger partial charge in [-0.2, -0.15) is 0 Å². The second-order valence-corrected chi connectivity index (χ2v) is 11.4. The number of aromatic nitrogens is 3. The zero-order chi connectivity index (χ0) is 27.4. The van der Waals surface area contributed by atoms with Gasteiger partial charge in [0.2, 0.25) is 11.8 Å². The van der Waals surface area contributed by atoms with Crippen LogP contribution in [0, 0.1) is 12.7 Å². The number of anilines is 2. The molecule has 2 aromatic heterocycles. The smallest absolute Gasteiger partial charge is 0.263 e. The highest BCUT2D eigenvalue weighted by atomic mass is 35.5. The first-order chi connectivity index (χ1) is 18.8. The highest BCUT2D eigenvalue weighted by Crippen LogP contribution is 2.35. The standard InChI is InChI=1S/C28H27ClFN5O3S/c1-18-16-20(35-39(36,37)25-12-6-5-11-22(25)29)17-23(30)26(18)38-27-21(10-7-14-31-27)24-13-15-32-28(34-24)33-19-8-3-2-4-9-19/h5-7,10-17,19,35H,2-4,8-9H2,1H3,(H,32,33,34). The molecule has 39 heavy (non-hydrogen) atoms. The molecule has 11 heteroatoms. The number of halogens is 2. The third-order valence-electron chi connectivity index (χ3n) is 6.45. The molecule has 0 amide bonds. The molecule has 2 heterocycles. The maximum Gasteiger partial charge on any atom is 0.263 e.